The second-order valence-corrected chi connectivity index (χ2v) is 9.57. The second kappa shape index (κ2) is 9.45. The Bertz CT molecular complexity index is 1520. The highest BCUT2D eigenvalue weighted by Crippen LogP contribution is 2.27. The molecule has 2 N–H and O–H groups in total. The fourth-order valence-corrected chi connectivity index (χ4v) is 4.82. The summed E-state index contributed by atoms with van der Waals surface area (Å²) in [5.74, 6) is 0.889. The Morgan fingerprint density at radius 1 is 1.05 bits per heavy atom. The Morgan fingerprint density at radius 2 is 1.86 bits per heavy atom. The lowest BCUT2D eigenvalue weighted by atomic mass is 9.95. The second-order valence-electron chi connectivity index (χ2n) is 9.57. The van der Waals surface area contributed by atoms with Crippen molar-refractivity contribution in [1.82, 2.24) is 24.3 Å². The fraction of sp³-hybridized carbons (Fsp3) is 0.333. The van der Waals surface area contributed by atoms with Crippen molar-refractivity contribution in [3.05, 3.63) is 76.9 Å². The number of fused-ring (bicyclic) bond motifs is 6. The Labute approximate surface area is 213 Å². The van der Waals surface area contributed by atoms with Crippen molar-refractivity contribution in [3.63, 3.8) is 0 Å². The number of aromatic nitrogens is 5. The number of hydrogen-bond acceptors (Lipinski definition) is 8. The molecule has 1 atom stereocenters. The molecular formula is C27H29N7O3. The number of morpholine rings is 1. The molecule has 0 spiro atoms. The number of benzene rings is 1. The smallest absolute Gasteiger partial charge is 0.278 e. The average molecular weight is 500 g/mol. The molecule has 5 heterocycles. The van der Waals surface area contributed by atoms with Crippen molar-refractivity contribution < 1.29 is 9.84 Å². The highest BCUT2D eigenvalue weighted by molar-refractivity contribution is 5.77. The van der Waals surface area contributed by atoms with E-state index < -0.39 is 5.60 Å². The molecule has 4 aromatic rings. The molecule has 2 aliphatic rings. The van der Waals surface area contributed by atoms with Crippen LogP contribution in [0.5, 0.6) is 0 Å². The molecule has 0 unspecified atom stereocenters. The Hall–Kier alpha value is -4.02. The molecule has 2 aliphatic heterocycles. The number of allylic oxidation sites excluding steroid dienone is 2. The van der Waals surface area contributed by atoms with E-state index in [4.69, 9.17) is 14.7 Å². The summed E-state index contributed by atoms with van der Waals surface area (Å²) in [6.07, 6.45) is 6.67. The highest BCUT2D eigenvalue weighted by Gasteiger charge is 2.26. The van der Waals surface area contributed by atoms with Crippen LogP contribution in [0.3, 0.4) is 0 Å². The van der Waals surface area contributed by atoms with Gasteiger partial charge in [0.1, 0.15) is 11.0 Å². The van der Waals surface area contributed by atoms with Gasteiger partial charge in [-0.15, -0.1) is 0 Å². The van der Waals surface area contributed by atoms with Crippen LogP contribution in [-0.4, -0.2) is 55.7 Å². The van der Waals surface area contributed by atoms with Crippen molar-refractivity contribution in [3.8, 4) is 5.82 Å². The lowest BCUT2D eigenvalue weighted by Crippen LogP contribution is -2.36. The maximum atomic E-state index is 13.3. The minimum Gasteiger partial charge on any atom is -0.384 e. The van der Waals surface area contributed by atoms with Crippen LogP contribution < -0.4 is 15.8 Å². The van der Waals surface area contributed by atoms with Gasteiger partial charge in [0.2, 0.25) is 5.95 Å². The van der Waals surface area contributed by atoms with Crippen LogP contribution >= 0.6 is 0 Å². The van der Waals surface area contributed by atoms with E-state index in [2.05, 4.69) is 27.3 Å². The molecule has 0 radical (unpaired) electrons. The van der Waals surface area contributed by atoms with Crippen LogP contribution in [0.4, 0.5) is 17.3 Å². The third kappa shape index (κ3) is 4.49. The molecule has 0 saturated carbocycles. The first-order valence-electron chi connectivity index (χ1n) is 12.5. The number of rotatable bonds is 3. The molecule has 0 aliphatic carbocycles. The van der Waals surface area contributed by atoms with Crippen molar-refractivity contribution in [2.45, 2.75) is 31.9 Å². The summed E-state index contributed by atoms with van der Waals surface area (Å²) in [5.41, 5.74) is 1.70. The Kier molecular flexibility index (Phi) is 5.97. The quantitative estimate of drug-likeness (QED) is 0.414. The number of pyridine rings is 1. The van der Waals surface area contributed by atoms with Crippen LogP contribution in [0.1, 0.15) is 25.5 Å². The lowest BCUT2D eigenvalue weighted by Gasteiger charge is -2.28. The van der Waals surface area contributed by atoms with E-state index in [0.29, 0.717) is 47.9 Å². The van der Waals surface area contributed by atoms with Crippen LogP contribution in [-0.2, 0) is 16.9 Å². The standard InChI is InChI=1S/C27H29N7O3/c1-27(36)12-3-2-4-13-33-25(35)21-18-28-26(31-24(21)34(33)23-7-5-6-22(27)30-23)29-19-8-10-20(11-9-19)32-14-16-37-17-15-32/h2,4-11,18,36H,3,12-17H2,1H3,(H,28,29,31)/b4-2-/t27-/m0/s1. The summed E-state index contributed by atoms with van der Waals surface area (Å²) in [6.45, 7) is 5.34. The van der Waals surface area contributed by atoms with E-state index in [1.807, 2.05) is 42.5 Å². The number of aliphatic hydroxyl groups is 1. The number of nitrogens with one attached hydrogen (secondary N) is 1. The normalized spacial score (nSPS) is 20.8. The van der Waals surface area contributed by atoms with Gasteiger partial charge in [-0.3, -0.25) is 4.79 Å². The van der Waals surface area contributed by atoms with Gasteiger partial charge in [-0.2, -0.15) is 4.98 Å². The maximum absolute atomic E-state index is 13.3. The predicted octanol–water partition coefficient (Wildman–Crippen LogP) is 3.11. The van der Waals surface area contributed by atoms with Crippen LogP contribution in [0.25, 0.3) is 16.9 Å². The molecule has 1 saturated heterocycles. The first-order chi connectivity index (χ1) is 18.0. The largest absolute Gasteiger partial charge is 0.384 e. The Morgan fingerprint density at radius 3 is 2.68 bits per heavy atom. The zero-order valence-corrected chi connectivity index (χ0v) is 20.7. The summed E-state index contributed by atoms with van der Waals surface area (Å²) in [4.78, 5) is 29.5. The highest BCUT2D eigenvalue weighted by atomic mass is 16.5. The monoisotopic (exact) mass is 499 g/mol. The van der Waals surface area contributed by atoms with Gasteiger partial charge in [-0.25, -0.2) is 19.3 Å². The van der Waals surface area contributed by atoms with Gasteiger partial charge in [0.05, 0.1) is 25.5 Å². The van der Waals surface area contributed by atoms with Crippen LogP contribution in [0.2, 0.25) is 0 Å². The third-order valence-electron chi connectivity index (χ3n) is 6.92. The summed E-state index contributed by atoms with van der Waals surface area (Å²) in [5, 5.41) is 14.7. The summed E-state index contributed by atoms with van der Waals surface area (Å²) < 4.78 is 8.75. The molecule has 1 aromatic carbocycles. The van der Waals surface area contributed by atoms with E-state index >= 15 is 0 Å². The van der Waals surface area contributed by atoms with Crippen molar-refractivity contribution >= 4 is 28.4 Å². The van der Waals surface area contributed by atoms with Gasteiger partial charge in [0.15, 0.2) is 11.5 Å². The lowest BCUT2D eigenvalue weighted by molar-refractivity contribution is 0.0443. The zero-order chi connectivity index (χ0) is 25.4. The maximum Gasteiger partial charge on any atom is 0.278 e. The van der Waals surface area contributed by atoms with E-state index in [9.17, 15) is 9.90 Å². The summed E-state index contributed by atoms with van der Waals surface area (Å²) in [7, 11) is 0. The van der Waals surface area contributed by atoms with Gasteiger partial charge in [0, 0.05) is 30.7 Å². The molecule has 1 fully saturated rings. The number of anilines is 3. The first-order valence-corrected chi connectivity index (χ1v) is 12.5. The van der Waals surface area contributed by atoms with E-state index in [-0.39, 0.29) is 5.56 Å². The van der Waals surface area contributed by atoms with Gasteiger partial charge in [-0.05, 0) is 56.2 Å². The summed E-state index contributed by atoms with van der Waals surface area (Å²) >= 11 is 0. The van der Waals surface area contributed by atoms with E-state index in [0.717, 1.165) is 37.7 Å². The topological polar surface area (TPSA) is 110 Å². The van der Waals surface area contributed by atoms with E-state index in [1.165, 1.54) is 0 Å². The number of nitrogens with zero attached hydrogens (tertiary/aromatic N) is 6. The Balaban J connectivity index is 1.39. The van der Waals surface area contributed by atoms with Crippen LogP contribution in [0, 0.1) is 0 Å². The predicted molar refractivity (Wildman–Crippen MR) is 142 cm³/mol. The number of ether oxygens (including phenoxy) is 1. The minimum atomic E-state index is -1.09. The van der Waals surface area contributed by atoms with Gasteiger partial charge in [-0.1, -0.05) is 18.2 Å². The molecule has 37 heavy (non-hydrogen) atoms. The van der Waals surface area contributed by atoms with Crippen molar-refractivity contribution in [2.75, 3.05) is 36.5 Å². The molecule has 6 rings (SSSR count). The van der Waals surface area contributed by atoms with Gasteiger partial charge in [0.25, 0.3) is 5.56 Å². The van der Waals surface area contributed by atoms with Crippen molar-refractivity contribution in [1.29, 1.82) is 0 Å². The van der Waals surface area contributed by atoms with Crippen molar-refractivity contribution in [2.24, 2.45) is 0 Å². The third-order valence-corrected chi connectivity index (χ3v) is 6.92. The molecule has 0 amide bonds. The SMILES string of the molecule is C[C@]1(O)CC/C=C\Cn2c(=O)c3cnc(Nc4ccc(N5CCOCC5)cc4)nc3n2-c2cccc1n2. The van der Waals surface area contributed by atoms with Gasteiger partial charge < -0.3 is 20.1 Å². The molecule has 10 heteroatoms. The average Bonchev–Trinajstić information content (AvgIpc) is 3.19. The van der Waals surface area contributed by atoms with E-state index in [1.54, 1.807) is 22.5 Å². The minimum absolute atomic E-state index is 0.195. The summed E-state index contributed by atoms with van der Waals surface area (Å²) in [6, 6.07) is 13.6. The molecule has 3 aromatic heterocycles. The fourth-order valence-electron chi connectivity index (χ4n) is 4.82. The van der Waals surface area contributed by atoms with Crippen LogP contribution in [0.15, 0.2) is 65.6 Å². The first kappa shape index (κ1) is 23.4. The van der Waals surface area contributed by atoms with Gasteiger partial charge >= 0.3 is 0 Å². The zero-order valence-electron chi connectivity index (χ0n) is 20.7. The molecular weight excluding hydrogens is 470 g/mol. The molecule has 2 bridgehead atoms. The number of hydrogen-bond donors (Lipinski definition) is 2. The molecule has 10 nitrogen and oxygen atoms in total. The molecule has 190 valence electrons.